The number of fused-ring (bicyclic) bond motifs is 1. The Labute approximate surface area is 147 Å². The van der Waals surface area contributed by atoms with Gasteiger partial charge in [-0.1, -0.05) is 0 Å². The summed E-state index contributed by atoms with van der Waals surface area (Å²) in [5.74, 6) is -0.215. The zero-order valence-corrected chi connectivity index (χ0v) is 15.6. The van der Waals surface area contributed by atoms with Gasteiger partial charge in [-0.2, -0.15) is 0 Å². The third-order valence-corrected chi connectivity index (χ3v) is 3.56. The zero-order chi connectivity index (χ0) is 18.8. The molecule has 0 saturated carbocycles. The van der Waals surface area contributed by atoms with E-state index < -0.39 is 17.6 Å². The molecule has 0 aliphatic heterocycles. The van der Waals surface area contributed by atoms with Gasteiger partial charge in [0.25, 0.3) is 5.91 Å². The average molecular weight is 347 g/mol. The van der Waals surface area contributed by atoms with E-state index in [1.807, 2.05) is 33.8 Å². The van der Waals surface area contributed by atoms with E-state index in [0.717, 1.165) is 5.39 Å². The maximum Gasteiger partial charge on any atom is 0.375 e. The highest BCUT2D eigenvalue weighted by molar-refractivity contribution is 5.97. The van der Waals surface area contributed by atoms with E-state index in [1.54, 1.807) is 19.1 Å². The SMILES string of the molecule is CCOc1ccc2oc(C(=O)O[C@H](C)C(=O)NC(C)(C)C)c(C)c2c1. The normalized spacial score (nSPS) is 12.7. The Morgan fingerprint density at radius 1 is 1.28 bits per heavy atom. The third kappa shape index (κ3) is 4.53. The fraction of sp³-hybridized carbons (Fsp3) is 0.474. The number of hydrogen-bond donors (Lipinski definition) is 1. The van der Waals surface area contributed by atoms with Crippen LogP contribution in [-0.2, 0) is 9.53 Å². The molecule has 0 bridgehead atoms. The largest absolute Gasteiger partial charge is 0.494 e. The van der Waals surface area contributed by atoms with E-state index in [1.165, 1.54) is 6.92 Å². The predicted octanol–water partition coefficient (Wildman–Crippen LogP) is 3.60. The molecular formula is C19H25NO5. The highest BCUT2D eigenvalue weighted by atomic mass is 16.6. The van der Waals surface area contributed by atoms with E-state index >= 15 is 0 Å². The highest BCUT2D eigenvalue weighted by Gasteiger charge is 2.26. The Kier molecular flexibility index (Phi) is 5.40. The second-order valence-electron chi connectivity index (χ2n) is 6.93. The minimum Gasteiger partial charge on any atom is -0.494 e. The lowest BCUT2D eigenvalue weighted by molar-refractivity contribution is -0.130. The molecule has 6 heteroatoms. The number of furan rings is 1. The highest BCUT2D eigenvalue weighted by Crippen LogP contribution is 2.29. The molecule has 0 radical (unpaired) electrons. The van der Waals surface area contributed by atoms with Crippen molar-refractivity contribution in [2.24, 2.45) is 0 Å². The standard InChI is InChI=1S/C19H25NO5/c1-7-23-13-8-9-15-14(10-13)11(2)16(25-15)18(22)24-12(3)17(21)20-19(4,5)6/h8-10,12H,7H2,1-6H3,(H,20,21)/t12-/m1/s1. The van der Waals surface area contributed by atoms with Gasteiger partial charge in [0.1, 0.15) is 11.3 Å². The molecule has 1 heterocycles. The number of carbonyl (C=O) groups excluding carboxylic acids is 2. The van der Waals surface area contributed by atoms with Crippen molar-refractivity contribution in [3.05, 3.63) is 29.5 Å². The van der Waals surface area contributed by atoms with Crippen molar-refractivity contribution in [1.29, 1.82) is 0 Å². The van der Waals surface area contributed by atoms with Crippen LogP contribution in [0.5, 0.6) is 5.75 Å². The van der Waals surface area contributed by atoms with Gasteiger partial charge in [-0.15, -0.1) is 0 Å². The first-order valence-electron chi connectivity index (χ1n) is 8.31. The van der Waals surface area contributed by atoms with Crippen molar-refractivity contribution in [1.82, 2.24) is 5.32 Å². The molecule has 1 N–H and O–H groups in total. The molecule has 1 amide bonds. The Morgan fingerprint density at radius 2 is 1.96 bits per heavy atom. The molecular weight excluding hydrogens is 322 g/mol. The van der Waals surface area contributed by atoms with E-state index in [9.17, 15) is 9.59 Å². The van der Waals surface area contributed by atoms with E-state index in [4.69, 9.17) is 13.9 Å². The second kappa shape index (κ2) is 7.17. The number of benzene rings is 1. The van der Waals surface area contributed by atoms with E-state index in [0.29, 0.717) is 23.5 Å². The lowest BCUT2D eigenvalue weighted by Crippen LogP contribution is -2.46. The summed E-state index contributed by atoms with van der Waals surface area (Å²) >= 11 is 0. The number of rotatable bonds is 5. The molecule has 0 aliphatic carbocycles. The third-order valence-electron chi connectivity index (χ3n) is 3.56. The van der Waals surface area contributed by atoms with Crippen LogP contribution >= 0.6 is 0 Å². The molecule has 2 rings (SSSR count). The van der Waals surface area contributed by atoms with Gasteiger partial charge in [-0.3, -0.25) is 4.79 Å². The summed E-state index contributed by atoms with van der Waals surface area (Å²) in [5.41, 5.74) is 0.826. The minimum absolute atomic E-state index is 0.0963. The quantitative estimate of drug-likeness (QED) is 0.836. The van der Waals surface area contributed by atoms with Crippen LogP contribution in [0.15, 0.2) is 22.6 Å². The van der Waals surface area contributed by atoms with Crippen LogP contribution in [0.25, 0.3) is 11.0 Å². The lowest BCUT2D eigenvalue weighted by atomic mass is 10.1. The van der Waals surface area contributed by atoms with Crippen LogP contribution in [0, 0.1) is 6.92 Å². The molecule has 1 atom stereocenters. The Morgan fingerprint density at radius 3 is 2.56 bits per heavy atom. The molecule has 2 aromatic rings. The summed E-state index contributed by atoms with van der Waals surface area (Å²) in [6, 6.07) is 5.35. The summed E-state index contributed by atoms with van der Waals surface area (Å²) in [7, 11) is 0. The van der Waals surface area contributed by atoms with Gasteiger partial charge in [0, 0.05) is 16.5 Å². The Balaban J connectivity index is 2.19. The molecule has 1 aromatic heterocycles. The van der Waals surface area contributed by atoms with Crippen LogP contribution in [0.1, 0.15) is 50.7 Å². The first kappa shape index (κ1) is 18.8. The number of aryl methyl sites for hydroxylation is 1. The summed E-state index contributed by atoms with van der Waals surface area (Å²) in [6.07, 6.45) is -0.918. The first-order valence-corrected chi connectivity index (χ1v) is 8.31. The van der Waals surface area contributed by atoms with Crippen molar-refractivity contribution >= 4 is 22.8 Å². The molecule has 1 aromatic carbocycles. The summed E-state index contributed by atoms with van der Waals surface area (Å²) in [6.45, 7) is 11.3. The van der Waals surface area contributed by atoms with Crippen LogP contribution in [0.4, 0.5) is 0 Å². The van der Waals surface area contributed by atoms with Gasteiger partial charge in [-0.25, -0.2) is 4.79 Å². The molecule has 0 saturated heterocycles. The Hall–Kier alpha value is -2.50. The van der Waals surface area contributed by atoms with Crippen LogP contribution in [-0.4, -0.2) is 30.1 Å². The fourth-order valence-corrected chi connectivity index (χ4v) is 2.39. The van der Waals surface area contributed by atoms with Gasteiger partial charge in [0.2, 0.25) is 5.76 Å². The summed E-state index contributed by atoms with van der Waals surface area (Å²) < 4.78 is 16.3. The van der Waals surface area contributed by atoms with Gasteiger partial charge in [0.15, 0.2) is 6.10 Å². The first-order chi connectivity index (χ1) is 11.6. The van der Waals surface area contributed by atoms with Gasteiger partial charge in [-0.05, 0) is 59.7 Å². The minimum atomic E-state index is -0.918. The lowest BCUT2D eigenvalue weighted by Gasteiger charge is -2.23. The molecule has 0 aliphatic rings. The smallest absolute Gasteiger partial charge is 0.375 e. The maximum atomic E-state index is 12.4. The Bertz CT molecular complexity index is 785. The van der Waals surface area contributed by atoms with Crippen molar-refractivity contribution in [3.63, 3.8) is 0 Å². The molecule has 0 unspecified atom stereocenters. The molecule has 136 valence electrons. The number of ether oxygens (including phenoxy) is 2. The molecule has 0 spiro atoms. The van der Waals surface area contributed by atoms with Crippen molar-refractivity contribution in [2.45, 2.75) is 53.2 Å². The van der Waals surface area contributed by atoms with Crippen LogP contribution in [0.2, 0.25) is 0 Å². The fourth-order valence-electron chi connectivity index (χ4n) is 2.39. The van der Waals surface area contributed by atoms with Crippen LogP contribution < -0.4 is 10.1 Å². The topological polar surface area (TPSA) is 77.8 Å². The zero-order valence-electron chi connectivity index (χ0n) is 15.6. The van der Waals surface area contributed by atoms with Crippen molar-refractivity contribution < 1.29 is 23.5 Å². The summed E-state index contributed by atoms with van der Waals surface area (Å²) in [4.78, 5) is 24.5. The molecule has 6 nitrogen and oxygen atoms in total. The molecule has 0 fully saturated rings. The van der Waals surface area contributed by atoms with Crippen molar-refractivity contribution in [3.8, 4) is 5.75 Å². The second-order valence-corrected chi connectivity index (χ2v) is 6.93. The number of nitrogens with one attached hydrogen (secondary N) is 1. The van der Waals surface area contributed by atoms with Crippen molar-refractivity contribution in [2.75, 3.05) is 6.61 Å². The predicted molar refractivity (Wildman–Crippen MR) is 94.9 cm³/mol. The molecule has 25 heavy (non-hydrogen) atoms. The van der Waals surface area contributed by atoms with E-state index in [2.05, 4.69) is 5.32 Å². The average Bonchev–Trinajstić information content (AvgIpc) is 2.83. The maximum absolute atomic E-state index is 12.4. The number of hydrogen-bond acceptors (Lipinski definition) is 5. The van der Waals surface area contributed by atoms with Crippen LogP contribution in [0.3, 0.4) is 0 Å². The summed E-state index contributed by atoms with van der Waals surface area (Å²) in [5, 5.41) is 3.56. The number of carbonyl (C=O) groups is 2. The van der Waals surface area contributed by atoms with E-state index in [-0.39, 0.29) is 11.7 Å². The monoisotopic (exact) mass is 347 g/mol. The van der Waals surface area contributed by atoms with Gasteiger partial charge >= 0.3 is 5.97 Å². The number of esters is 1. The number of amides is 1. The van der Waals surface area contributed by atoms with Gasteiger partial charge < -0.3 is 19.2 Å². The van der Waals surface area contributed by atoms with Gasteiger partial charge in [0.05, 0.1) is 6.61 Å².